The minimum Gasteiger partial charge on any atom is -0.395 e. The number of benzene rings is 1. The minimum absolute atomic E-state index is 0.00532. The number of hydrogen-bond acceptors (Lipinski definition) is 7. The van der Waals surface area contributed by atoms with E-state index in [-0.39, 0.29) is 18.8 Å². The lowest BCUT2D eigenvalue weighted by molar-refractivity contribution is -0.146. The molecule has 0 amide bonds. The maximum absolute atomic E-state index is 13.1. The Balaban J connectivity index is 1.87. The van der Waals surface area contributed by atoms with Crippen LogP contribution in [-0.2, 0) is 4.79 Å². The third-order valence-corrected chi connectivity index (χ3v) is 5.69. The lowest BCUT2D eigenvalue weighted by atomic mass is 9.89. The molecule has 3 heterocycles. The SMILES string of the molecule is CCC(=O)C1(N2c3ccc4c(c3)[N+]2(O)C(CC)N4O)C=CN(CCO)C=C1. The van der Waals surface area contributed by atoms with E-state index in [1.165, 1.54) is 0 Å². The van der Waals surface area contributed by atoms with Gasteiger partial charge in [0.05, 0.1) is 6.61 Å². The summed E-state index contributed by atoms with van der Waals surface area (Å²) >= 11 is 0. The van der Waals surface area contributed by atoms with Crippen LogP contribution in [0.5, 0.6) is 0 Å². The zero-order valence-electron chi connectivity index (χ0n) is 15.5. The van der Waals surface area contributed by atoms with E-state index in [2.05, 4.69) is 0 Å². The lowest BCUT2D eigenvalue weighted by Gasteiger charge is -2.46. The van der Waals surface area contributed by atoms with E-state index in [0.29, 0.717) is 24.3 Å². The van der Waals surface area contributed by atoms with Crippen molar-refractivity contribution in [3.63, 3.8) is 0 Å². The summed E-state index contributed by atoms with van der Waals surface area (Å²) in [5.74, 6) is -0.0690. The fourth-order valence-corrected chi connectivity index (χ4v) is 4.40. The van der Waals surface area contributed by atoms with Gasteiger partial charge in [-0.3, -0.25) is 10.0 Å². The number of aliphatic hydroxyl groups excluding tert-OH is 1. The number of anilines is 2. The third-order valence-electron chi connectivity index (χ3n) is 5.69. The van der Waals surface area contributed by atoms with E-state index < -0.39 is 16.5 Å². The van der Waals surface area contributed by atoms with Gasteiger partial charge in [-0.2, -0.15) is 15.3 Å². The Morgan fingerprint density at radius 1 is 1.26 bits per heavy atom. The van der Waals surface area contributed by atoms with Crippen molar-refractivity contribution < 1.29 is 20.3 Å². The van der Waals surface area contributed by atoms with Crippen molar-refractivity contribution in [2.75, 3.05) is 23.2 Å². The van der Waals surface area contributed by atoms with Crippen LogP contribution in [0.3, 0.4) is 0 Å². The molecule has 144 valence electrons. The van der Waals surface area contributed by atoms with Gasteiger partial charge in [0.2, 0.25) is 11.9 Å². The van der Waals surface area contributed by atoms with Crippen molar-refractivity contribution in [3.05, 3.63) is 42.8 Å². The maximum Gasteiger partial charge on any atom is 0.246 e. The summed E-state index contributed by atoms with van der Waals surface area (Å²) in [4.78, 5) is 14.9. The molecule has 2 bridgehead atoms. The first-order valence-electron chi connectivity index (χ1n) is 9.27. The third kappa shape index (κ3) is 2.15. The van der Waals surface area contributed by atoms with Crippen LogP contribution in [0, 0.1) is 0 Å². The fraction of sp³-hybridized carbons (Fsp3) is 0.421. The highest BCUT2D eigenvalue weighted by Gasteiger charge is 2.65. The van der Waals surface area contributed by atoms with Crippen LogP contribution in [0.15, 0.2) is 42.8 Å². The molecule has 8 nitrogen and oxygen atoms in total. The molecular weight excluding hydrogens is 348 g/mol. The number of aliphatic hydroxyl groups is 1. The Bertz CT molecular complexity index is 825. The van der Waals surface area contributed by atoms with E-state index in [9.17, 15) is 20.3 Å². The van der Waals surface area contributed by atoms with Crippen molar-refractivity contribution in [3.8, 4) is 0 Å². The molecule has 4 rings (SSSR count). The largest absolute Gasteiger partial charge is 0.395 e. The summed E-state index contributed by atoms with van der Waals surface area (Å²) in [7, 11) is 0. The Hall–Kier alpha value is -2.39. The number of hydroxylamine groups is 2. The summed E-state index contributed by atoms with van der Waals surface area (Å²) in [6, 6.07) is 5.39. The van der Waals surface area contributed by atoms with Crippen LogP contribution >= 0.6 is 0 Å². The zero-order valence-corrected chi connectivity index (χ0v) is 15.5. The summed E-state index contributed by atoms with van der Waals surface area (Å²) in [6.07, 6.45) is 7.14. The monoisotopic (exact) mass is 373 g/mol. The van der Waals surface area contributed by atoms with Crippen LogP contribution in [-0.4, -0.2) is 51.1 Å². The van der Waals surface area contributed by atoms with Crippen LogP contribution < -0.4 is 14.8 Å². The number of nitrogens with zero attached hydrogens (tertiary/aromatic N) is 4. The van der Waals surface area contributed by atoms with Gasteiger partial charge in [0.25, 0.3) is 0 Å². The highest BCUT2D eigenvalue weighted by atomic mass is 16.6. The summed E-state index contributed by atoms with van der Waals surface area (Å²) in [5, 5.41) is 34.3. The highest BCUT2D eigenvalue weighted by molar-refractivity contribution is 5.99. The van der Waals surface area contributed by atoms with Crippen LogP contribution in [0.1, 0.15) is 26.7 Å². The molecule has 0 fully saturated rings. The summed E-state index contributed by atoms with van der Waals surface area (Å²) in [5.41, 5.74) is 0.626. The number of carbonyl (C=O) groups is 1. The molecule has 0 spiro atoms. The molecule has 1 aromatic carbocycles. The van der Waals surface area contributed by atoms with Crippen molar-refractivity contribution in [2.24, 2.45) is 0 Å². The van der Waals surface area contributed by atoms with Crippen molar-refractivity contribution >= 4 is 22.8 Å². The minimum atomic E-state index is -1.19. The average molecular weight is 373 g/mol. The highest BCUT2D eigenvalue weighted by Crippen LogP contribution is 2.55. The van der Waals surface area contributed by atoms with E-state index in [0.717, 1.165) is 10.8 Å². The molecule has 0 aromatic heterocycles. The molecule has 3 N–H and O–H groups in total. The smallest absolute Gasteiger partial charge is 0.246 e. The standard InChI is InChI=1S/C19H25N4O4/c1-3-17(25)19(7-9-20(10-8-19)11-12-24)22-14-5-6-15-16(13-14)23(22,27)18(4-2)21(15)26/h5-10,13,18,24,26-27H,3-4,11-12H2,1-2H3/q+1. The van der Waals surface area contributed by atoms with E-state index in [4.69, 9.17) is 0 Å². The van der Waals surface area contributed by atoms with Gasteiger partial charge in [-0.25, -0.2) is 0 Å². The number of hydrogen-bond donors (Lipinski definition) is 3. The van der Waals surface area contributed by atoms with Crippen molar-refractivity contribution in [1.29, 1.82) is 0 Å². The number of quaternary nitrogens is 1. The van der Waals surface area contributed by atoms with Crippen LogP contribution in [0.4, 0.5) is 17.1 Å². The van der Waals surface area contributed by atoms with Gasteiger partial charge in [0, 0.05) is 37.9 Å². The van der Waals surface area contributed by atoms with Crippen molar-refractivity contribution in [1.82, 2.24) is 9.66 Å². The molecule has 3 aliphatic rings. The predicted molar refractivity (Wildman–Crippen MR) is 101 cm³/mol. The predicted octanol–water partition coefficient (Wildman–Crippen LogP) is 2.12. The second-order valence-corrected chi connectivity index (χ2v) is 7.06. The van der Waals surface area contributed by atoms with Gasteiger partial charge >= 0.3 is 0 Å². The van der Waals surface area contributed by atoms with Gasteiger partial charge in [-0.05, 0) is 29.0 Å². The Labute approximate surface area is 157 Å². The summed E-state index contributed by atoms with van der Waals surface area (Å²) < 4.78 is -0.662. The van der Waals surface area contributed by atoms with E-state index in [1.807, 2.05) is 13.0 Å². The second-order valence-electron chi connectivity index (χ2n) is 7.06. The topological polar surface area (TPSA) is 87.5 Å². The first kappa shape index (κ1) is 18.0. The van der Waals surface area contributed by atoms with Gasteiger partial charge < -0.3 is 10.0 Å². The second kappa shape index (κ2) is 6.07. The van der Waals surface area contributed by atoms with Crippen molar-refractivity contribution in [2.45, 2.75) is 38.4 Å². The van der Waals surface area contributed by atoms with Gasteiger partial charge in [-0.1, -0.05) is 13.8 Å². The number of Topliss-reactive ketones (excluding diaryl/α,β-unsaturated/α-hetero) is 1. The Kier molecular flexibility index (Phi) is 4.04. The van der Waals surface area contributed by atoms with Gasteiger partial charge in [0.15, 0.2) is 11.3 Å². The quantitative estimate of drug-likeness (QED) is 0.658. The molecule has 8 heteroatoms. The Morgan fingerprint density at radius 2 is 1.96 bits per heavy atom. The van der Waals surface area contributed by atoms with Gasteiger partial charge in [-0.15, -0.1) is 0 Å². The molecule has 27 heavy (non-hydrogen) atoms. The molecule has 2 atom stereocenters. The number of β-amino-alcohol motifs (C(OH)–C–C–N with tert-alkyl or cyclic N) is 1. The Morgan fingerprint density at radius 3 is 2.56 bits per heavy atom. The number of rotatable bonds is 6. The molecule has 0 saturated carbocycles. The maximum atomic E-state index is 13.1. The van der Waals surface area contributed by atoms with E-state index >= 15 is 0 Å². The first-order chi connectivity index (χ1) is 12.9. The molecule has 3 aliphatic heterocycles. The molecule has 0 aliphatic carbocycles. The average Bonchev–Trinajstić information content (AvgIpc) is 3.03. The zero-order chi connectivity index (χ0) is 19.4. The summed E-state index contributed by atoms with van der Waals surface area (Å²) in [6.45, 7) is 4.09. The molecule has 2 unspecified atom stereocenters. The number of ketones is 1. The normalized spacial score (nSPS) is 27.0. The van der Waals surface area contributed by atoms with Crippen LogP contribution in [0.2, 0.25) is 0 Å². The molecule has 1 aromatic rings. The number of carbonyl (C=O) groups excluding carboxylic acids is 1. The number of fused-ring (bicyclic) bond motifs is 1. The fourth-order valence-electron chi connectivity index (χ4n) is 4.40. The molecule has 0 radical (unpaired) electrons. The van der Waals surface area contributed by atoms with Crippen LogP contribution in [0.25, 0.3) is 0 Å². The van der Waals surface area contributed by atoms with Gasteiger partial charge in [0.1, 0.15) is 11.4 Å². The molecular formula is C19H25N4O4+. The first-order valence-corrected chi connectivity index (χ1v) is 9.27. The lowest BCUT2D eigenvalue weighted by Crippen LogP contribution is -2.73. The van der Waals surface area contributed by atoms with E-state index in [1.54, 1.807) is 53.5 Å². The molecule has 0 saturated heterocycles.